The van der Waals surface area contributed by atoms with Gasteiger partial charge in [0.1, 0.15) is 6.33 Å². The first kappa shape index (κ1) is 10.5. The molecule has 3 rings (SSSR count). The summed E-state index contributed by atoms with van der Waals surface area (Å²) in [5.74, 6) is 1.38. The zero-order chi connectivity index (χ0) is 12.5. The number of hydrogen-bond acceptors (Lipinski definition) is 4. The Balaban J connectivity index is 1.99. The zero-order valence-corrected chi connectivity index (χ0v) is 9.85. The minimum atomic E-state index is 0.651. The number of aryl methyl sites for hydroxylation is 1. The predicted octanol–water partition coefficient (Wildman–Crippen LogP) is 1.25. The van der Waals surface area contributed by atoms with Gasteiger partial charge in [-0.3, -0.25) is 0 Å². The zero-order valence-electron chi connectivity index (χ0n) is 9.85. The van der Waals surface area contributed by atoms with Crippen molar-refractivity contribution < 1.29 is 0 Å². The average molecular weight is 240 g/mol. The molecule has 0 unspecified atom stereocenters. The van der Waals surface area contributed by atoms with Gasteiger partial charge in [0.15, 0.2) is 5.82 Å². The van der Waals surface area contributed by atoms with Crippen molar-refractivity contribution in [2.45, 2.75) is 0 Å². The van der Waals surface area contributed by atoms with Crippen LogP contribution < -0.4 is 5.73 Å². The van der Waals surface area contributed by atoms with Crippen molar-refractivity contribution in [2.24, 2.45) is 7.05 Å². The first-order valence-corrected chi connectivity index (χ1v) is 5.49. The number of hydrogen-bond donors (Lipinski definition) is 1. The van der Waals surface area contributed by atoms with E-state index >= 15 is 0 Å². The Morgan fingerprint density at radius 1 is 1.11 bits per heavy atom. The maximum Gasteiger partial charge on any atom is 0.231 e. The first-order chi connectivity index (χ1) is 8.74. The van der Waals surface area contributed by atoms with Crippen molar-refractivity contribution >= 4 is 5.69 Å². The molecule has 0 aliphatic carbocycles. The second kappa shape index (κ2) is 3.99. The Morgan fingerprint density at radius 2 is 1.89 bits per heavy atom. The molecule has 6 heteroatoms. The van der Waals surface area contributed by atoms with E-state index in [0.29, 0.717) is 5.82 Å². The molecule has 18 heavy (non-hydrogen) atoms. The van der Waals surface area contributed by atoms with Crippen LogP contribution in [0.3, 0.4) is 0 Å². The van der Waals surface area contributed by atoms with Crippen LogP contribution in [0.2, 0.25) is 0 Å². The number of nitrogens with zero attached hydrogens (tertiary/aromatic N) is 5. The van der Waals surface area contributed by atoms with Crippen LogP contribution in [-0.4, -0.2) is 24.3 Å². The smallest absolute Gasteiger partial charge is 0.231 e. The quantitative estimate of drug-likeness (QED) is 0.684. The van der Waals surface area contributed by atoms with Crippen molar-refractivity contribution in [3.8, 4) is 17.3 Å². The van der Waals surface area contributed by atoms with Gasteiger partial charge in [-0.05, 0) is 24.3 Å². The summed E-state index contributed by atoms with van der Waals surface area (Å²) in [6.07, 6.45) is 5.23. The normalized spacial score (nSPS) is 10.7. The van der Waals surface area contributed by atoms with E-state index in [1.165, 1.54) is 0 Å². The van der Waals surface area contributed by atoms with Crippen molar-refractivity contribution in [2.75, 3.05) is 5.73 Å². The molecule has 6 nitrogen and oxygen atoms in total. The second-order valence-corrected chi connectivity index (χ2v) is 3.97. The summed E-state index contributed by atoms with van der Waals surface area (Å²) in [4.78, 5) is 8.48. The Bertz CT molecular complexity index is 664. The fraction of sp³-hybridized carbons (Fsp3) is 0.0833. The molecule has 0 bridgehead atoms. The molecule has 0 radical (unpaired) electrons. The van der Waals surface area contributed by atoms with Crippen LogP contribution in [0.5, 0.6) is 0 Å². The SMILES string of the molecule is Cn1ccnc1-n1cnc(-c2ccc(N)cc2)n1. The summed E-state index contributed by atoms with van der Waals surface area (Å²) in [6.45, 7) is 0. The summed E-state index contributed by atoms with van der Waals surface area (Å²) < 4.78 is 3.52. The monoisotopic (exact) mass is 240 g/mol. The third kappa shape index (κ3) is 1.73. The summed E-state index contributed by atoms with van der Waals surface area (Å²) in [5.41, 5.74) is 7.30. The highest BCUT2D eigenvalue weighted by Gasteiger charge is 2.07. The number of nitrogen functional groups attached to an aromatic ring is 1. The van der Waals surface area contributed by atoms with Crippen LogP contribution in [-0.2, 0) is 7.05 Å². The van der Waals surface area contributed by atoms with E-state index in [1.54, 1.807) is 17.2 Å². The molecule has 2 heterocycles. The van der Waals surface area contributed by atoms with Crippen molar-refractivity contribution in [1.29, 1.82) is 0 Å². The maximum atomic E-state index is 5.65. The highest BCUT2D eigenvalue weighted by Crippen LogP contribution is 2.16. The summed E-state index contributed by atoms with van der Waals surface area (Å²) in [6, 6.07) is 7.45. The van der Waals surface area contributed by atoms with E-state index in [2.05, 4.69) is 15.1 Å². The first-order valence-electron chi connectivity index (χ1n) is 5.49. The lowest BCUT2D eigenvalue weighted by molar-refractivity contribution is 0.750. The lowest BCUT2D eigenvalue weighted by Gasteiger charge is -1.99. The van der Waals surface area contributed by atoms with Gasteiger partial charge in [0, 0.05) is 30.7 Å². The van der Waals surface area contributed by atoms with Crippen LogP contribution >= 0.6 is 0 Å². The van der Waals surface area contributed by atoms with Gasteiger partial charge in [0.05, 0.1) is 0 Å². The molecule has 0 amide bonds. The molecule has 1 aromatic carbocycles. The predicted molar refractivity (Wildman–Crippen MR) is 68.0 cm³/mol. The van der Waals surface area contributed by atoms with Gasteiger partial charge in [-0.1, -0.05) is 0 Å². The van der Waals surface area contributed by atoms with Gasteiger partial charge in [-0.15, -0.1) is 5.10 Å². The van der Waals surface area contributed by atoms with E-state index in [-0.39, 0.29) is 0 Å². The van der Waals surface area contributed by atoms with E-state index in [0.717, 1.165) is 17.2 Å². The average Bonchev–Trinajstić information content (AvgIpc) is 2.98. The van der Waals surface area contributed by atoms with Crippen molar-refractivity contribution in [3.63, 3.8) is 0 Å². The molecule has 2 aromatic heterocycles. The Kier molecular flexibility index (Phi) is 2.33. The topological polar surface area (TPSA) is 74.5 Å². The van der Waals surface area contributed by atoms with E-state index in [9.17, 15) is 0 Å². The molecule has 0 saturated carbocycles. The third-order valence-corrected chi connectivity index (χ3v) is 2.66. The Labute approximate surface area is 104 Å². The van der Waals surface area contributed by atoms with E-state index < -0.39 is 0 Å². The van der Waals surface area contributed by atoms with Gasteiger partial charge in [0.2, 0.25) is 5.95 Å². The van der Waals surface area contributed by atoms with Crippen LogP contribution in [0.4, 0.5) is 5.69 Å². The van der Waals surface area contributed by atoms with E-state index in [4.69, 9.17) is 5.73 Å². The lowest BCUT2D eigenvalue weighted by Crippen LogP contribution is -2.03. The minimum absolute atomic E-state index is 0.651. The van der Waals surface area contributed by atoms with Crippen LogP contribution in [0.15, 0.2) is 43.0 Å². The van der Waals surface area contributed by atoms with Crippen LogP contribution in [0.25, 0.3) is 17.3 Å². The fourth-order valence-electron chi connectivity index (χ4n) is 1.70. The molecule has 0 aliphatic rings. The lowest BCUT2D eigenvalue weighted by atomic mass is 10.2. The molecule has 0 aliphatic heterocycles. The molecular weight excluding hydrogens is 228 g/mol. The van der Waals surface area contributed by atoms with Gasteiger partial charge >= 0.3 is 0 Å². The van der Waals surface area contributed by atoms with Gasteiger partial charge < -0.3 is 10.3 Å². The maximum absolute atomic E-state index is 5.65. The third-order valence-electron chi connectivity index (χ3n) is 2.66. The highest BCUT2D eigenvalue weighted by atomic mass is 15.4. The van der Waals surface area contributed by atoms with Crippen LogP contribution in [0, 0.1) is 0 Å². The molecular formula is C12H12N6. The number of nitrogens with two attached hydrogens (primary N) is 1. The van der Waals surface area contributed by atoms with Gasteiger partial charge in [0.25, 0.3) is 0 Å². The number of imidazole rings is 1. The minimum Gasteiger partial charge on any atom is -0.399 e. The van der Waals surface area contributed by atoms with Crippen LogP contribution in [0.1, 0.15) is 0 Å². The number of anilines is 1. The summed E-state index contributed by atoms with van der Waals surface area (Å²) >= 11 is 0. The molecule has 90 valence electrons. The number of benzene rings is 1. The molecule has 2 N–H and O–H groups in total. The highest BCUT2D eigenvalue weighted by molar-refractivity contribution is 5.58. The number of aromatic nitrogens is 5. The van der Waals surface area contributed by atoms with Crippen molar-refractivity contribution in [1.82, 2.24) is 24.3 Å². The Hall–Kier alpha value is -2.63. The van der Waals surface area contributed by atoms with E-state index in [1.807, 2.05) is 42.1 Å². The number of rotatable bonds is 2. The standard InChI is InChI=1S/C12H12N6/c1-17-7-6-14-12(17)18-8-15-11(16-18)9-2-4-10(13)5-3-9/h2-8H,13H2,1H3. The molecule has 0 atom stereocenters. The molecule has 0 spiro atoms. The fourth-order valence-corrected chi connectivity index (χ4v) is 1.70. The Morgan fingerprint density at radius 3 is 2.56 bits per heavy atom. The molecule has 0 saturated heterocycles. The van der Waals surface area contributed by atoms with Gasteiger partial charge in [-0.25, -0.2) is 9.97 Å². The largest absolute Gasteiger partial charge is 0.399 e. The van der Waals surface area contributed by atoms with Crippen molar-refractivity contribution in [3.05, 3.63) is 43.0 Å². The molecule has 0 fully saturated rings. The summed E-state index contributed by atoms with van der Waals surface area (Å²) in [7, 11) is 1.91. The molecule has 3 aromatic rings. The second-order valence-electron chi connectivity index (χ2n) is 3.97. The summed E-state index contributed by atoms with van der Waals surface area (Å²) in [5, 5.41) is 4.39. The van der Waals surface area contributed by atoms with Gasteiger partial charge in [-0.2, -0.15) is 4.68 Å².